The third-order valence-electron chi connectivity index (χ3n) is 9.69. The lowest BCUT2D eigenvalue weighted by molar-refractivity contribution is 0.769. The van der Waals surface area contributed by atoms with Gasteiger partial charge in [0.25, 0.3) is 0 Å². The second-order valence-corrected chi connectivity index (χ2v) is 12.2. The summed E-state index contributed by atoms with van der Waals surface area (Å²) < 4.78 is 0. The summed E-state index contributed by atoms with van der Waals surface area (Å²) in [5.41, 5.74) is 12.0. The summed E-state index contributed by atoms with van der Waals surface area (Å²) in [6.45, 7) is 0. The lowest BCUT2D eigenvalue weighted by Crippen LogP contribution is -2.28. The van der Waals surface area contributed by atoms with Gasteiger partial charge in [0.1, 0.15) is 0 Å². The molecule has 1 N–H and O–H groups in total. The van der Waals surface area contributed by atoms with E-state index in [9.17, 15) is 0 Å². The highest BCUT2D eigenvalue weighted by Crippen LogP contribution is 2.56. The van der Waals surface area contributed by atoms with Crippen molar-refractivity contribution in [2.45, 2.75) is 5.41 Å². The normalized spacial score (nSPS) is 13.0. The molecule has 0 fully saturated rings. The van der Waals surface area contributed by atoms with Crippen molar-refractivity contribution < 1.29 is 0 Å². The van der Waals surface area contributed by atoms with Gasteiger partial charge in [-0.2, -0.15) is 0 Å². The molecule has 9 rings (SSSR count). The molecule has 0 aliphatic heterocycles. The fraction of sp³-hybridized carbons (Fsp3) is 0.0222. The van der Waals surface area contributed by atoms with E-state index < -0.39 is 5.41 Å². The van der Waals surface area contributed by atoms with E-state index in [4.69, 9.17) is 0 Å². The standard InChI is InChI=1S/C45H31N/c1-3-14-31(15-4-1)41-28-32-26-27-36(30-42(32)38-21-8-7-20-37(38)41)46-35-19-13-18-34(29-35)45(33-16-5-2-6-17-33)43-24-11-9-22-39(43)40-23-10-12-25-44(40)45/h1-30,46H. The molecule has 0 bridgehead atoms. The molecule has 1 aliphatic rings. The topological polar surface area (TPSA) is 12.0 Å². The summed E-state index contributed by atoms with van der Waals surface area (Å²) in [7, 11) is 0. The first kappa shape index (κ1) is 26.5. The van der Waals surface area contributed by atoms with Crippen molar-refractivity contribution in [1.82, 2.24) is 0 Å². The molecule has 0 heterocycles. The van der Waals surface area contributed by atoms with Crippen LogP contribution in [0.3, 0.4) is 0 Å². The van der Waals surface area contributed by atoms with Crippen LogP contribution < -0.4 is 5.32 Å². The van der Waals surface area contributed by atoms with Gasteiger partial charge in [0, 0.05) is 11.4 Å². The highest BCUT2D eigenvalue weighted by molar-refractivity contribution is 6.14. The van der Waals surface area contributed by atoms with Crippen LogP contribution in [0.15, 0.2) is 182 Å². The van der Waals surface area contributed by atoms with Crippen molar-refractivity contribution >= 4 is 32.9 Å². The first-order valence-electron chi connectivity index (χ1n) is 15.9. The average molecular weight is 586 g/mol. The minimum Gasteiger partial charge on any atom is -0.355 e. The number of nitrogens with one attached hydrogen (secondary N) is 1. The van der Waals surface area contributed by atoms with E-state index >= 15 is 0 Å². The zero-order valence-corrected chi connectivity index (χ0v) is 25.3. The van der Waals surface area contributed by atoms with Crippen LogP contribution in [0.1, 0.15) is 22.3 Å². The number of hydrogen-bond acceptors (Lipinski definition) is 1. The largest absolute Gasteiger partial charge is 0.355 e. The van der Waals surface area contributed by atoms with Crippen LogP contribution in [0.4, 0.5) is 11.4 Å². The Balaban J connectivity index is 1.18. The number of hydrogen-bond donors (Lipinski definition) is 1. The van der Waals surface area contributed by atoms with Gasteiger partial charge in [-0.15, -0.1) is 0 Å². The molecule has 0 unspecified atom stereocenters. The van der Waals surface area contributed by atoms with Crippen LogP contribution in [0.2, 0.25) is 0 Å². The van der Waals surface area contributed by atoms with Gasteiger partial charge in [-0.3, -0.25) is 0 Å². The van der Waals surface area contributed by atoms with Crippen molar-refractivity contribution in [3.05, 3.63) is 204 Å². The zero-order chi connectivity index (χ0) is 30.5. The van der Waals surface area contributed by atoms with Crippen LogP contribution in [0.5, 0.6) is 0 Å². The Hall–Kier alpha value is -5.92. The molecule has 0 amide bonds. The van der Waals surface area contributed by atoms with Gasteiger partial charge in [0.15, 0.2) is 0 Å². The third-order valence-corrected chi connectivity index (χ3v) is 9.69. The molecule has 216 valence electrons. The minimum absolute atomic E-state index is 0.417. The van der Waals surface area contributed by atoms with Crippen LogP contribution in [0, 0.1) is 0 Å². The maximum atomic E-state index is 3.79. The molecule has 0 radical (unpaired) electrons. The lowest BCUT2D eigenvalue weighted by atomic mass is 9.67. The van der Waals surface area contributed by atoms with Crippen LogP contribution in [-0.2, 0) is 5.41 Å². The molecule has 0 saturated heterocycles. The van der Waals surface area contributed by atoms with E-state index in [0.29, 0.717) is 0 Å². The number of benzene rings is 8. The Labute approximate surface area is 269 Å². The fourth-order valence-corrected chi connectivity index (χ4v) is 7.74. The van der Waals surface area contributed by atoms with Crippen molar-refractivity contribution in [3.8, 4) is 22.3 Å². The summed E-state index contributed by atoms with van der Waals surface area (Å²) >= 11 is 0. The van der Waals surface area contributed by atoms with Crippen LogP contribution >= 0.6 is 0 Å². The Bertz CT molecular complexity index is 2340. The van der Waals surface area contributed by atoms with Crippen molar-refractivity contribution in [3.63, 3.8) is 0 Å². The van der Waals surface area contributed by atoms with Crippen molar-refractivity contribution in [1.29, 1.82) is 0 Å². The van der Waals surface area contributed by atoms with E-state index in [1.807, 2.05) is 0 Å². The number of fused-ring (bicyclic) bond motifs is 6. The Morgan fingerprint density at radius 2 is 0.935 bits per heavy atom. The molecule has 46 heavy (non-hydrogen) atoms. The summed E-state index contributed by atoms with van der Waals surface area (Å²) in [4.78, 5) is 0. The number of rotatable bonds is 5. The highest BCUT2D eigenvalue weighted by Gasteiger charge is 2.45. The quantitative estimate of drug-likeness (QED) is 0.198. The molecule has 1 aliphatic carbocycles. The Morgan fingerprint density at radius 1 is 0.348 bits per heavy atom. The molecular formula is C45H31N. The van der Waals surface area contributed by atoms with Gasteiger partial charge >= 0.3 is 0 Å². The van der Waals surface area contributed by atoms with Gasteiger partial charge < -0.3 is 5.32 Å². The van der Waals surface area contributed by atoms with Crippen molar-refractivity contribution in [2.75, 3.05) is 5.32 Å². The zero-order valence-electron chi connectivity index (χ0n) is 25.3. The van der Waals surface area contributed by atoms with Crippen molar-refractivity contribution in [2.24, 2.45) is 0 Å². The van der Waals surface area contributed by atoms with E-state index in [1.54, 1.807) is 0 Å². The molecule has 1 heteroatoms. The molecule has 0 aromatic heterocycles. The maximum absolute atomic E-state index is 3.79. The highest BCUT2D eigenvalue weighted by atomic mass is 14.9. The fourth-order valence-electron chi connectivity index (χ4n) is 7.74. The summed E-state index contributed by atoms with van der Waals surface area (Å²) in [5.74, 6) is 0. The van der Waals surface area contributed by atoms with E-state index in [2.05, 4.69) is 187 Å². The SMILES string of the molecule is c1ccc(-c2cc3ccc(Nc4cccc(C5(c6ccccc6)c6ccccc6-c6ccccc65)c4)cc3c3ccccc23)cc1. The maximum Gasteiger partial charge on any atom is 0.0714 e. The predicted molar refractivity (Wildman–Crippen MR) is 194 cm³/mol. The van der Waals surface area contributed by atoms with E-state index in [0.717, 1.165) is 11.4 Å². The second-order valence-electron chi connectivity index (χ2n) is 12.2. The Morgan fingerprint density at radius 3 is 1.67 bits per heavy atom. The summed E-state index contributed by atoms with van der Waals surface area (Å²) in [5, 5.41) is 8.80. The Kier molecular flexibility index (Phi) is 6.11. The second kappa shape index (κ2) is 10.6. The molecule has 8 aromatic carbocycles. The van der Waals surface area contributed by atoms with Crippen LogP contribution in [-0.4, -0.2) is 0 Å². The van der Waals surface area contributed by atoms with Gasteiger partial charge in [-0.25, -0.2) is 0 Å². The lowest BCUT2D eigenvalue weighted by Gasteiger charge is -2.34. The molecule has 0 atom stereocenters. The third kappa shape index (κ3) is 4.02. The van der Waals surface area contributed by atoms with Gasteiger partial charge in [-0.1, -0.05) is 152 Å². The van der Waals surface area contributed by atoms with Crippen LogP contribution in [0.25, 0.3) is 43.8 Å². The van der Waals surface area contributed by atoms with Gasteiger partial charge in [0.2, 0.25) is 0 Å². The summed E-state index contributed by atoms with van der Waals surface area (Å²) in [6.07, 6.45) is 0. The summed E-state index contributed by atoms with van der Waals surface area (Å²) in [6, 6.07) is 66.3. The first-order chi connectivity index (χ1) is 22.8. The monoisotopic (exact) mass is 585 g/mol. The van der Waals surface area contributed by atoms with Gasteiger partial charge in [-0.05, 0) is 96.4 Å². The molecule has 1 nitrogen and oxygen atoms in total. The first-order valence-corrected chi connectivity index (χ1v) is 15.9. The molecular weight excluding hydrogens is 555 g/mol. The average Bonchev–Trinajstić information content (AvgIpc) is 3.43. The predicted octanol–water partition coefficient (Wildman–Crippen LogP) is 11.8. The number of anilines is 2. The van der Waals surface area contributed by atoms with E-state index in [-0.39, 0.29) is 0 Å². The molecule has 0 saturated carbocycles. The van der Waals surface area contributed by atoms with Gasteiger partial charge in [0.05, 0.1) is 5.41 Å². The minimum atomic E-state index is -0.417. The molecule has 8 aromatic rings. The smallest absolute Gasteiger partial charge is 0.0714 e. The molecule has 0 spiro atoms. The van der Waals surface area contributed by atoms with E-state index in [1.165, 1.54) is 66.1 Å².